The van der Waals surface area contributed by atoms with Gasteiger partial charge in [-0.05, 0) is 17.5 Å². The molecule has 5 aromatic rings. The summed E-state index contributed by atoms with van der Waals surface area (Å²) >= 11 is 0. The molecule has 0 saturated carbocycles. The highest BCUT2D eigenvalue weighted by Gasteiger charge is 2.06. The Morgan fingerprint density at radius 2 is 1.70 bits per heavy atom. The second-order valence-corrected chi connectivity index (χ2v) is 5.14. The molecule has 110 valence electrons. The van der Waals surface area contributed by atoms with Crippen molar-refractivity contribution in [3.63, 3.8) is 0 Å². The molecule has 0 spiro atoms. The van der Waals surface area contributed by atoms with E-state index >= 15 is 0 Å². The van der Waals surface area contributed by atoms with Crippen LogP contribution in [0.2, 0.25) is 0 Å². The van der Waals surface area contributed by atoms with Crippen molar-refractivity contribution in [2.24, 2.45) is 0 Å². The highest BCUT2D eigenvalue weighted by Crippen LogP contribution is 2.28. The molecule has 0 saturated heterocycles. The van der Waals surface area contributed by atoms with Crippen molar-refractivity contribution in [2.45, 2.75) is 0 Å². The van der Waals surface area contributed by atoms with Crippen LogP contribution in [-0.2, 0) is 0 Å². The molecule has 2 aromatic carbocycles. The lowest BCUT2D eigenvalue weighted by atomic mass is 10.0. The third-order valence-electron chi connectivity index (χ3n) is 3.73. The number of nitrogens with one attached hydrogen (secondary N) is 1. The minimum atomic E-state index is 1.000. The van der Waals surface area contributed by atoms with Gasteiger partial charge in [0.1, 0.15) is 0 Å². The molecule has 0 aliphatic carbocycles. The standard InChI is InChI=1S/C16H10N2.C3H4N2/c1-2-6-13-12(4-1)10-18-14-8-7-11-5-3-9-17-16(11)15(13)14;1-2-5-3-4-1/h1-10H;1-3H,(H,4,5). The largest absolute Gasteiger partial charge is 0.351 e. The van der Waals surface area contributed by atoms with Crippen LogP contribution < -0.4 is 0 Å². The molecule has 3 aromatic heterocycles. The Hall–Kier alpha value is -3.27. The quantitative estimate of drug-likeness (QED) is 0.432. The fraction of sp³-hybridized carbons (Fsp3) is 0. The Kier molecular flexibility index (Phi) is 3.41. The number of hydrogen-bond donors (Lipinski definition) is 1. The maximum atomic E-state index is 4.52. The number of hydrogen-bond acceptors (Lipinski definition) is 3. The van der Waals surface area contributed by atoms with Gasteiger partial charge in [0.05, 0.1) is 17.4 Å². The molecule has 0 fully saturated rings. The normalized spacial score (nSPS) is 10.6. The van der Waals surface area contributed by atoms with Gasteiger partial charge in [-0.2, -0.15) is 0 Å². The first-order valence-corrected chi connectivity index (χ1v) is 7.37. The molecule has 1 N–H and O–H groups in total. The third kappa shape index (κ3) is 2.51. The number of aromatic nitrogens is 4. The first-order chi connectivity index (χ1) is 11.4. The van der Waals surface area contributed by atoms with Gasteiger partial charge in [-0.25, -0.2) is 4.98 Å². The summed E-state index contributed by atoms with van der Waals surface area (Å²) in [5, 5.41) is 4.67. The molecule has 0 aliphatic heterocycles. The second kappa shape index (κ2) is 5.85. The van der Waals surface area contributed by atoms with Gasteiger partial charge in [0.2, 0.25) is 0 Å². The fourth-order valence-electron chi connectivity index (χ4n) is 2.70. The molecule has 0 radical (unpaired) electrons. The highest BCUT2D eigenvalue weighted by molar-refractivity contribution is 6.17. The topological polar surface area (TPSA) is 54.5 Å². The lowest BCUT2D eigenvalue weighted by molar-refractivity contribution is 1.31. The average molecular weight is 298 g/mol. The average Bonchev–Trinajstić information content (AvgIpc) is 3.21. The Bertz CT molecular complexity index is 981. The number of benzene rings is 2. The van der Waals surface area contributed by atoms with E-state index in [2.05, 4.69) is 56.3 Å². The molecule has 3 heterocycles. The molecule has 0 aliphatic rings. The van der Waals surface area contributed by atoms with Gasteiger partial charge in [-0.15, -0.1) is 0 Å². The van der Waals surface area contributed by atoms with Crippen molar-refractivity contribution in [1.29, 1.82) is 0 Å². The number of nitrogens with zero attached hydrogens (tertiary/aromatic N) is 3. The van der Waals surface area contributed by atoms with E-state index in [-0.39, 0.29) is 0 Å². The lowest BCUT2D eigenvalue weighted by Gasteiger charge is -2.05. The van der Waals surface area contributed by atoms with Crippen LogP contribution in [0.25, 0.3) is 32.6 Å². The summed E-state index contributed by atoms with van der Waals surface area (Å²) in [6, 6.07) is 16.5. The van der Waals surface area contributed by atoms with E-state index in [1.54, 1.807) is 18.7 Å². The summed E-state index contributed by atoms with van der Waals surface area (Å²) in [4.78, 5) is 15.5. The number of pyridine rings is 2. The van der Waals surface area contributed by atoms with Gasteiger partial charge in [0.15, 0.2) is 0 Å². The lowest BCUT2D eigenvalue weighted by Crippen LogP contribution is -1.85. The van der Waals surface area contributed by atoms with E-state index in [0.717, 1.165) is 27.2 Å². The molecule has 0 bridgehead atoms. The molecule has 0 unspecified atom stereocenters. The zero-order valence-electron chi connectivity index (χ0n) is 12.3. The minimum Gasteiger partial charge on any atom is -0.351 e. The number of rotatable bonds is 0. The van der Waals surface area contributed by atoms with Crippen LogP contribution in [0.5, 0.6) is 0 Å². The van der Waals surface area contributed by atoms with Crippen molar-refractivity contribution in [3.05, 3.63) is 79.6 Å². The monoisotopic (exact) mass is 298 g/mol. The van der Waals surface area contributed by atoms with Gasteiger partial charge in [0.25, 0.3) is 0 Å². The van der Waals surface area contributed by atoms with Crippen molar-refractivity contribution < 1.29 is 0 Å². The number of imidazole rings is 1. The van der Waals surface area contributed by atoms with Gasteiger partial charge >= 0.3 is 0 Å². The van der Waals surface area contributed by atoms with Crippen LogP contribution in [-0.4, -0.2) is 19.9 Å². The molecular weight excluding hydrogens is 284 g/mol. The van der Waals surface area contributed by atoms with Crippen molar-refractivity contribution in [1.82, 2.24) is 19.9 Å². The molecule has 0 amide bonds. The van der Waals surface area contributed by atoms with E-state index < -0.39 is 0 Å². The summed E-state index contributed by atoms with van der Waals surface area (Å²) in [6.45, 7) is 0. The second-order valence-electron chi connectivity index (χ2n) is 5.14. The first-order valence-electron chi connectivity index (χ1n) is 7.37. The predicted molar refractivity (Wildman–Crippen MR) is 93.1 cm³/mol. The third-order valence-corrected chi connectivity index (χ3v) is 3.73. The smallest absolute Gasteiger partial charge is 0.0919 e. The van der Waals surface area contributed by atoms with Gasteiger partial charge < -0.3 is 4.98 Å². The van der Waals surface area contributed by atoms with Crippen LogP contribution in [0.15, 0.2) is 79.6 Å². The molecule has 0 atom stereocenters. The van der Waals surface area contributed by atoms with Crippen LogP contribution >= 0.6 is 0 Å². The minimum absolute atomic E-state index is 1.000. The Balaban J connectivity index is 0.000000233. The van der Waals surface area contributed by atoms with Gasteiger partial charge in [-0.3, -0.25) is 9.97 Å². The van der Waals surface area contributed by atoms with Gasteiger partial charge in [0, 0.05) is 40.9 Å². The Labute approximate surface area is 132 Å². The van der Waals surface area contributed by atoms with E-state index in [1.165, 1.54) is 5.39 Å². The molecule has 23 heavy (non-hydrogen) atoms. The summed E-state index contributed by atoms with van der Waals surface area (Å²) in [7, 11) is 0. The van der Waals surface area contributed by atoms with Crippen molar-refractivity contribution >= 4 is 32.6 Å². The SMILES string of the molecule is c1c[nH]cn1.c1ccc2c(c1)cnc1ccc3cccnc3c12. The van der Waals surface area contributed by atoms with Gasteiger partial charge in [-0.1, -0.05) is 36.4 Å². The predicted octanol–water partition coefficient (Wildman–Crippen LogP) is 4.35. The molecule has 4 nitrogen and oxygen atoms in total. The van der Waals surface area contributed by atoms with E-state index in [4.69, 9.17) is 0 Å². The van der Waals surface area contributed by atoms with Crippen molar-refractivity contribution in [2.75, 3.05) is 0 Å². The van der Waals surface area contributed by atoms with Crippen LogP contribution in [0.4, 0.5) is 0 Å². The summed E-state index contributed by atoms with van der Waals surface area (Å²) in [6.07, 6.45) is 8.84. The molecule has 4 heteroatoms. The van der Waals surface area contributed by atoms with Crippen LogP contribution in [0.3, 0.4) is 0 Å². The zero-order chi connectivity index (χ0) is 15.5. The zero-order valence-corrected chi connectivity index (χ0v) is 12.3. The summed E-state index contributed by atoms with van der Waals surface area (Å²) in [5.74, 6) is 0. The first kappa shape index (κ1) is 13.4. The molecular formula is C19H14N4. The maximum Gasteiger partial charge on any atom is 0.0919 e. The number of H-pyrrole nitrogens is 1. The number of aromatic amines is 1. The van der Waals surface area contributed by atoms with Crippen LogP contribution in [0.1, 0.15) is 0 Å². The fourth-order valence-corrected chi connectivity index (χ4v) is 2.70. The number of fused-ring (bicyclic) bond motifs is 5. The van der Waals surface area contributed by atoms with E-state index in [0.29, 0.717) is 0 Å². The summed E-state index contributed by atoms with van der Waals surface area (Å²) < 4.78 is 0. The Morgan fingerprint density at radius 1 is 0.783 bits per heavy atom. The maximum absolute atomic E-state index is 4.52. The molecule has 5 rings (SSSR count). The van der Waals surface area contributed by atoms with Crippen LogP contribution in [0, 0.1) is 0 Å². The van der Waals surface area contributed by atoms with Crippen molar-refractivity contribution in [3.8, 4) is 0 Å². The van der Waals surface area contributed by atoms with E-state index in [9.17, 15) is 0 Å². The Morgan fingerprint density at radius 3 is 2.52 bits per heavy atom. The highest BCUT2D eigenvalue weighted by atomic mass is 14.8. The summed E-state index contributed by atoms with van der Waals surface area (Å²) in [5.41, 5.74) is 2.03. The van der Waals surface area contributed by atoms with E-state index in [1.807, 2.05) is 24.5 Å².